The summed E-state index contributed by atoms with van der Waals surface area (Å²) in [6.07, 6.45) is 11.7. The quantitative estimate of drug-likeness (QED) is 0.510. The van der Waals surface area contributed by atoms with Crippen molar-refractivity contribution in [2.24, 2.45) is 34.5 Å². The Hall–Kier alpha value is -1.12. The lowest BCUT2D eigenvalue weighted by atomic mass is 9.48. The first-order valence-electron chi connectivity index (χ1n) is 10.6. The van der Waals surface area contributed by atoms with Crippen LogP contribution in [0.25, 0.3) is 0 Å². The molecule has 26 heavy (non-hydrogen) atoms. The second-order valence-electron chi connectivity index (χ2n) is 10.0. The van der Waals surface area contributed by atoms with E-state index in [-0.39, 0.29) is 28.8 Å². The van der Waals surface area contributed by atoms with Crippen molar-refractivity contribution in [1.29, 1.82) is 0 Å². The van der Waals surface area contributed by atoms with Gasteiger partial charge in [-0.25, -0.2) is 0 Å². The molecular formula is C23H34O3. The Morgan fingerprint density at radius 2 is 1.85 bits per heavy atom. The van der Waals surface area contributed by atoms with Crippen molar-refractivity contribution >= 4 is 11.8 Å². The maximum Gasteiger partial charge on any atom is 0.302 e. The van der Waals surface area contributed by atoms with Gasteiger partial charge in [0.05, 0.1) is 0 Å². The number of esters is 1. The van der Waals surface area contributed by atoms with Crippen molar-refractivity contribution < 1.29 is 14.3 Å². The Balaban J connectivity index is 1.59. The largest absolute Gasteiger partial charge is 0.463 e. The van der Waals surface area contributed by atoms with Crippen molar-refractivity contribution in [3.63, 3.8) is 0 Å². The van der Waals surface area contributed by atoms with Crippen LogP contribution in [0, 0.1) is 34.5 Å². The van der Waals surface area contributed by atoms with E-state index in [0.29, 0.717) is 23.5 Å². The van der Waals surface area contributed by atoms with Gasteiger partial charge >= 0.3 is 5.97 Å². The number of fused-ring (bicyclic) bond motifs is 5. The summed E-state index contributed by atoms with van der Waals surface area (Å²) in [5.74, 6) is 2.51. The Morgan fingerprint density at radius 1 is 1.08 bits per heavy atom. The molecule has 144 valence electrons. The minimum Gasteiger partial charge on any atom is -0.463 e. The average molecular weight is 359 g/mol. The normalized spacial score (nSPS) is 47.2. The van der Waals surface area contributed by atoms with Crippen molar-refractivity contribution in [3.8, 4) is 0 Å². The van der Waals surface area contributed by atoms with Crippen LogP contribution in [0.3, 0.4) is 0 Å². The summed E-state index contributed by atoms with van der Waals surface area (Å²) in [5.41, 5.74) is 2.15. The standard InChI is InChI=1S/C23H34O3/c1-14(24)19-7-8-20-18-6-5-16-13-17(26-15(2)25)9-11-22(16,3)21(18)10-12-23(19,20)4/h10,16-20H,5-9,11-13H2,1-4H3/t16-,17+,18+,19-,20-,22-,23+/m0/s1. The molecule has 0 unspecified atom stereocenters. The van der Waals surface area contributed by atoms with Gasteiger partial charge < -0.3 is 4.74 Å². The second-order valence-corrected chi connectivity index (χ2v) is 10.0. The molecular weight excluding hydrogens is 324 g/mol. The predicted molar refractivity (Wildman–Crippen MR) is 101 cm³/mol. The van der Waals surface area contributed by atoms with Gasteiger partial charge in [-0.05, 0) is 86.9 Å². The molecule has 7 atom stereocenters. The maximum absolute atomic E-state index is 12.2. The van der Waals surface area contributed by atoms with Gasteiger partial charge in [0.2, 0.25) is 0 Å². The summed E-state index contributed by atoms with van der Waals surface area (Å²) in [7, 11) is 0. The fraction of sp³-hybridized carbons (Fsp3) is 0.826. The van der Waals surface area contributed by atoms with Crippen LogP contribution < -0.4 is 0 Å². The van der Waals surface area contributed by atoms with Crippen LogP contribution in [0.4, 0.5) is 0 Å². The van der Waals surface area contributed by atoms with Gasteiger partial charge in [0.15, 0.2) is 0 Å². The molecule has 3 heteroatoms. The third-order valence-electron chi connectivity index (χ3n) is 8.80. The van der Waals surface area contributed by atoms with E-state index in [1.54, 1.807) is 12.5 Å². The van der Waals surface area contributed by atoms with E-state index in [0.717, 1.165) is 32.1 Å². The van der Waals surface area contributed by atoms with Crippen LogP contribution in [0.2, 0.25) is 0 Å². The lowest BCUT2D eigenvalue weighted by Crippen LogP contribution is -2.49. The van der Waals surface area contributed by atoms with E-state index in [1.807, 2.05) is 0 Å². The molecule has 0 heterocycles. The van der Waals surface area contributed by atoms with Crippen LogP contribution in [0.5, 0.6) is 0 Å². The summed E-state index contributed by atoms with van der Waals surface area (Å²) >= 11 is 0. The Kier molecular flexibility index (Phi) is 4.36. The molecule has 3 saturated carbocycles. The minimum absolute atomic E-state index is 0.116. The highest BCUT2D eigenvalue weighted by Crippen LogP contribution is 2.65. The second kappa shape index (κ2) is 6.21. The van der Waals surface area contributed by atoms with Crippen LogP contribution in [0.15, 0.2) is 11.6 Å². The average Bonchev–Trinajstić information content (AvgIpc) is 2.92. The van der Waals surface area contributed by atoms with Gasteiger partial charge in [-0.15, -0.1) is 0 Å². The van der Waals surface area contributed by atoms with E-state index in [2.05, 4.69) is 19.9 Å². The Morgan fingerprint density at radius 3 is 2.54 bits per heavy atom. The van der Waals surface area contributed by atoms with Gasteiger partial charge in [0.1, 0.15) is 11.9 Å². The summed E-state index contributed by atoms with van der Waals surface area (Å²) < 4.78 is 5.55. The summed E-state index contributed by atoms with van der Waals surface area (Å²) in [6.45, 7) is 8.18. The number of ether oxygens (including phenoxy) is 1. The zero-order valence-corrected chi connectivity index (χ0v) is 16.8. The van der Waals surface area contributed by atoms with Crippen molar-refractivity contribution in [1.82, 2.24) is 0 Å². The number of carbonyl (C=O) groups excluding carboxylic acids is 2. The molecule has 0 aromatic rings. The topological polar surface area (TPSA) is 43.4 Å². The third kappa shape index (κ3) is 2.60. The van der Waals surface area contributed by atoms with Gasteiger partial charge in [-0.3, -0.25) is 9.59 Å². The van der Waals surface area contributed by atoms with Gasteiger partial charge in [0, 0.05) is 12.8 Å². The number of hydrogen-bond donors (Lipinski definition) is 0. The van der Waals surface area contributed by atoms with Gasteiger partial charge in [-0.1, -0.05) is 25.5 Å². The van der Waals surface area contributed by atoms with Crippen LogP contribution >= 0.6 is 0 Å². The molecule has 0 spiro atoms. The molecule has 4 rings (SSSR count). The van der Waals surface area contributed by atoms with Gasteiger partial charge in [-0.2, -0.15) is 0 Å². The highest BCUT2D eigenvalue weighted by Gasteiger charge is 2.58. The van der Waals surface area contributed by atoms with E-state index in [4.69, 9.17) is 4.74 Å². The SMILES string of the molecule is CC(=O)O[C@@H]1CC[C@]2(C)C3=CC[C@]4(C)[C@H](C(C)=O)CC[C@H]4[C@H]3CC[C@H]2C1. The molecule has 0 aliphatic heterocycles. The highest BCUT2D eigenvalue weighted by atomic mass is 16.5. The smallest absolute Gasteiger partial charge is 0.302 e. The van der Waals surface area contributed by atoms with E-state index < -0.39 is 0 Å². The first-order chi connectivity index (χ1) is 12.3. The van der Waals surface area contributed by atoms with Crippen LogP contribution in [-0.4, -0.2) is 17.9 Å². The molecule has 3 nitrogen and oxygen atoms in total. The lowest BCUT2D eigenvalue weighted by Gasteiger charge is -2.56. The summed E-state index contributed by atoms with van der Waals surface area (Å²) in [4.78, 5) is 23.6. The van der Waals surface area contributed by atoms with Crippen LogP contribution in [0.1, 0.15) is 79.1 Å². The molecule has 0 bridgehead atoms. The summed E-state index contributed by atoms with van der Waals surface area (Å²) in [5, 5.41) is 0. The number of carbonyl (C=O) groups is 2. The zero-order valence-electron chi connectivity index (χ0n) is 16.8. The lowest BCUT2D eigenvalue weighted by molar-refractivity contribution is -0.151. The minimum atomic E-state index is -0.138. The maximum atomic E-state index is 12.2. The number of hydrogen-bond acceptors (Lipinski definition) is 3. The number of ketones is 1. The Bertz CT molecular complexity index is 650. The molecule has 0 radical (unpaired) electrons. The third-order valence-corrected chi connectivity index (χ3v) is 8.80. The molecule has 0 aromatic carbocycles. The van der Waals surface area contributed by atoms with Crippen molar-refractivity contribution in [2.75, 3.05) is 0 Å². The molecule has 0 amide bonds. The number of Topliss-reactive ketones (excluding diaryl/α,β-unsaturated/α-hetero) is 1. The van der Waals surface area contributed by atoms with Crippen molar-refractivity contribution in [3.05, 3.63) is 11.6 Å². The molecule has 4 aliphatic carbocycles. The van der Waals surface area contributed by atoms with Crippen LogP contribution in [-0.2, 0) is 14.3 Å². The highest BCUT2D eigenvalue weighted by molar-refractivity contribution is 5.79. The van der Waals surface area contributed by atoms with E-state index in [9.17, 15) is 9.59 Å². The summed E-state index contributed by atoms with van der Waals surface area (Å²) in [6, 6.07) is 0. The number of rotatable bonds is 2. The molecule has 0 aromatic heterocycles. The molecule has 4 aliphatic rings. The van der Waals surface area contributed by atoms with Gasteiger partial charge in [0.25, 0.3) is 0 Å². The monoisotopic (exact) mass is 358 g/mol. The fourth-order valence-electron chi connectivity index (χ4n) is 7.50. The van der Waals surface area contributed by atoms with E-state index >= 15 is 0 Å². The first kappa shape index (κ1) is 18.3. The number of allylic oxidation sites excluding steroid dienone is 2. The first-order valence-corrected chi connectivity index (χ1v) is 10.6. The van der Waals surface area contributed by atoms with Crippen molar-refractivity contribution in [2.45, 2.75) is 85.2 Å². The van der Waals surface area contributed by atoms with E-state index in [1.165, 1.54) is 26.2 Å². The molecule has 0 saturated heterocycles. The fourth-order valence-corrected chi connectivity index (χ4v) is 7.50. The Labute approximate surface area is 157 Å². The predicted octanol–water partition coefficient (Wildman–Crippen LogP) is 5.09. The zero-order chi connectivity index (χ0) is 18.7. The molecule has 3 fully saturated rings. The molecule has 0 N–H and O–H groups in total.